The third kappa shape index (κ3) is 1.83. The van der Waals surface area contributed by atoms with Gasteiger partial charge in [-0.2, -0.15) is 5.10 Å². The van der Waals surface area contributed by atoms with E-state index in [9.17, 15) is 9.18 Å². The normalized spacial score (nSPS) is 10.3. The Morgan fingerprint density at radius 1 is 1.33 bits per heavy atom. The number of carbonyl (C=O) groups excluding carboxylic acids is 1. The Hall–Kier alpha value is -1.49. The minimum atomic E-state index is -0.305. The second-order valence-corrected chi connectivity index (χ2v) is 3.72. The van der Waals surface area contributed by atoms with Gasteiger partial charge in [0.05, 0.1) is 4.47 Å². The Kier molecular flexibility index (Phi) is 2.64. The number of hydrogen-bond donors (Lipinski definition) is 1. The second kappa shape index (κ2) is 3.94. The molecule has 3 nitrogen and oxygen atoms in total. The van der Waals surface area contributed by atoms with Gasteiger partial charge < -0.3 is 0 Å². The van der Waals surface area contributed by atoms with E-state index in [1.807, 2.05) is 0 Å². The highest BCUT2D eigenvalue weighted by Crippen LogP contribution is 2.27. The summed E-state index contributed by atoms with van der Waals surface area (Å²) in [7, 11) is 0. The van der Waals surface area contributed by atoms with Crippen LogP contribution in [0.5, 0.6) is 0 Å². The topological polar surface area (TPSA) is 45.8 Å². The molecule has 1 aromatic carbocycles. The van der Waals surface area contributed by atoms with Crippen molar-refractivity contribution in [1.29, 1.82) is 0 Å². The van der Waals surface area contributed by atoms with E-state index in [-0.39, 0.29) is 5.82 Å². The average Bonchev–Trinajstić information content (AvgIpc) is 2.61. The molecule has 1 aromatic heterocycles. The molecule has 0 fully saturated rings. The van der Waals surface area contributed by atoms with Crippen molar-refractivity contribution in [3.05, 3.63) is 40.2 Å². The smallest absolute Gasteiger partial charge is 0.169 e. The first-order chi connectivity index (χ1) is 7.22. The maximum Gasteiger partial charge on any atom is 0.169 e. The highest BCUT2D eigenvalue weighted by Gasteiger charge is 2.11. The zero-order chi connectivity index (χ0) is 10.8. The third-order valence-corrected chi connectivity index (χ3v) is 2.77. The number of benzene rings is 1. The summed E-state index contributed by atoms with van der Waals surface area (Å²) in [6.45, 7) is 0. The summed E-state index contributed by atoms with van der Waals surface area (Å²) in [4.78, 5) is 10.6. The number of H-pyrrole nitrogens is 1. The number of carbonyl (C=O) groups is 1. The summed E-state index contributed by atoms with van der Waals surface area (Å²) >= 11 is 3.25. The van der Waals surface area contributed by atoms with Gasteiger partial charge in [-0.15, -0.1) is 0 Å². The lowest BCUT2D eigenvalue weighted by Gasteiger charge is -1.96. The number of aldehydes is 1. The predicted molar refractivity (Wildman–Crippen MR) is 57.1 cm³/mol. The van der Waals surface area contributed by atoms with E-state index >= 15 is 0 Å². The highest BCUT2D eigenvalue weighted by molar-refractivity contribution is 9.10. The van der Waals surface area contributed by atoms with Crippen LogP contribution in [0.4, 0.5) is 4.39 Å². The number of halogens is 2. The summed E-state index contributed by atoms with van der Waals surface area (Å²) < 4.78 is 13.3. The van der Waals surface area contributed by atoms with E-state index in [1.54, 1.807) is 12.1 Å². The van der Waals surface area contributed by atoms with Gasteiger partial charge in [-0.1, -0.05) is 0 Å². The minimum Gasteiger partial charge on any atom is -0.296 e. The molecule has 1 heterocycles. The van der Waals surface area contributed by atoms with E-state index in [1.165, 1.54) is 12.1 Å². The van der Waals surface area contributed by atoms with E-state index in [0.29, 0.717) is 22.1 Å². The first-order valence-electron chi connectivity index (χ1n) is 4.17. The van der Waals surface area contributed by atoms with E-state index in [2.05, 4.69) is 26.1 Å². The fourth-order valence-electron chi connectivity index (χ4n) is 1.22. The Labute approximate surface area is 93.4 Å². The van der Waals surface area contributed by atoms with Gasteiger partial charge in [0.15, 0.2) is 6.29 Å². The first-order valence-corrected chi connectivity index (χ1v) is 4.96. The summed E-state index contributed by atoms with van der Waals surface area (Å²) in [5.41, 5.74) is 1.71. The van der Waals surface area contributed by atoms with Crippen molar-refractivity contribution in [2.75, 3.05) is 0 Å². The average molecular weight is 269 g/mol. The minimum absolute atomic E-state index is 0.305. The molecule has 15 heavy (non-hydrogen) atoms. The molecule has 0 spiro atoms. The summed E-state index contributed by atoms with van der Waals surface area (Å²) in [6, 6.07) is 5.89. The molecule has 0 atom stereocenters. The highest BCUT2D eigenvalue weighted by atomic mass is 79.9. The molecular formula is C10H6BrFN2O. The van der Waals surface area contributed by atoms with Crippen molar-refractivity contribution in [2.24, 2.45) is 0 Å². The SMILES string of the molecule is O=Cc1[nH]nc(-c2ccc(F)cc2)c1Br. The van der Waals surface area contributed by atoms with Gasteiger partial charge in [0.25, 0.3) is 0 Å². The van der Waals surface area contributed by atoms with Crippen molar-refractivity contribution >= 4 is 22.2 Å². The lowest BCUT2D eigenvalue weighted by Crippen LogP contribution is -1.80. The van der Waals surface area contributed by atoms with Crippen LogP contribution in [0, 0.1) is 5.82 Å². The summed E-state index contributed by atoms with van der Waals surface area (Å²) in [5.74, 6) is -0.305. The number of aromatic amines is 1. The Morgan fingerprint density at radius 3 is 2.53 bits per heavy atom. The van der Waals surface area contributed by atoms with Gasteiger partial charge in [0, 0.05) is 5.56 Å². The number of aromatic nitrogens is 2. The molecule has 76 valence electrons. The quantitative estimate of drug-likeness (QED) is 0.852. The first kappa shape index (κ1) is 10.0. The largest absolute Gasteiger partial charge is 0.296 e. The van der Waals surface area contributed by atoms with Crippen LogP contribution in [0.15, 0.2) is 28.7 Å². The summed E-state index contributed by atoms with van der Waals surface area (Å²) in [5, 5.41) is 6.54. The van der Waals surface area contributed by atoms with Gasteiger partial charge in [-0.05, 0) is 40.2 Å². The lowest BCUT2D eigenvalue weighted by atomic mass is 10.1. The third-order valence-electron chi connectivity index (χ3n) is 1.97. The van der Waals surface area contributed by atoms with Gasteiger partial charge in [-0.25, -0.2) is 4.39 Å². The van der Waals surface area contributed by atoms with Crippen LogP contribution < -0.4 is 0 Å². The van der Waals surface area contributed by atoms with E-state index in [0.717, 1.165) is 5.56 Å². The Morgan fingerprint density at radius 2 is 2.00 bits per heavy atom. The van der Waals surface area contributed by atoms with Crippen molar-refractivity contribution in [2.45, 2.75) is 0 Å². The molecule has 2 aromatic rings. The molecule has 2 rings (SSSR count). The van der Waals surface area contributed by atoms with Gasteiger partial charge in [0.2, 0.25) is 0 Å². The van der Waals surface area contributed by atoms with Crippen LogP contribution in [0.3, 0.4) is 0 Å². The van der Waals surface area contributed by atoms with Crippen LogP contribution in [0.25, 0.3) is 11.3 Å². The summed E-state index contributed by atoms with van der Waals surface area (Å²) in [6.07, 6.45) is 0.671. The molecule has 5 heteroatoms. The lowest BCUT2D eigenvalue weighted by molar-refractivity contribution is 0.111. The second-order valence-electron chi connectivity index (χ2n) is 2.92. The molecule has 0 unspecified atom stereocenters. The van der Waals surface area contributed by atoms with Crippen molar-refractivity contribution in [3.8, 4) is 11.3 Å². The number of rotatable bonds is 2. The fourth-order valence-corrected chi connectivity index (χ4v) is 1.72. The molecule has 1 N–H and O–H groups in total. The van der Waals surface area contributed by atoms with Crippen molar-refractivity contribution in [3.63, 3.8) is 0 Å². The Bertz CT molecular complexity index is 493. The zero-order valence-electron chi connectivity index (χ0n) is 7.50. The maximum absolute atomic E-state index is 12.7. The molecule has 0 bridgehead atoms. The van der Waals surface area contributed by atoms with Gasteiger partial charge >= 0.3 is 0 Å². The van der Waals surface area contributed by atoms with Gasteiger partial charge in [0.1, 0.15) is 17.2 Å². The molecular weight excluding hydrogens is 263 g/mol. The van der Waals surface area contributed by atoms with Crippen LogP contribution in [0.1, 0.15) is 10.5 Å². The molecule has 0 aliphatic rings. The molecule has 0 saturated carbocycles. The van der Waals surface area contributed by atoms with E-state index in [4.69, 9.17) is 0 Å². The van der Waals surface area contributed by atoms with Crippen molar-refractivity contribution < 1.29 is 9.18 Å². The number of hydrogen-bond acceptors (Lipinski definition) is 2. The number of nitrogens with zero attached hydrogens (tertiary/aromatic N) is 1. The van der Waals surface area contributed by atoms with Gasteiger partial charge in [-0.3, -0.25) is 9.89 Å². The molecule has 0 radical (unpaired) electrons. The zero-order valence-corrected chi connectivity index (χ0v) is 9.08. The fraction of sp³-hybridized carbons (Fsp3) is 0. The molecule has 0 aliphatic heterocycles. The van der Waals surface area contributed by atoms with Crippen LogP contribution in [0.2, 0.25) is 0 Å². The Balaban J connectivity index is 2.49. The van der Waals surface area contributed by atoms with E-state index < -0.39 is 0 Å². The molecule has 0 aliphatic carbocycles. The maximum atomic E-state index is 12.7. The molecule has 0 amide bonds. The number of nitrogens with one attached hydrogen (secondary N) is 1. The van der Waals surface area contributed by atoms with Crippen LogP contribution >= 0.6 is 15.9 Å². The van der Waals surface area contributed by atoms with Crippen molar-refractivity contribution in [1.82, 2.24) is 10.2 Å². The monoisotopic (exact) mass is 268 g/mol. The molecule has 0 saturated heterocycles. The van der Waals surface area contributed by atoms with Crippen LogP contribution in [-0.4, -0.2) is 16.5 Å². The predicted octanol–water partition coefficient (Wildman–Crippen LogP) is 2.79. The standard InChI is InChI=1S/C10H6BrFN2O/c11-9-8(5-15)13-14-10(9)6-1-3-7(12)4-2-6/h1-5H,(H,13,14). The van der Waals surface area contributed by atoms with Crippen LogP contribution in [-0.2, 0) is 0 Å².